The van der Waals surface area contributed by atoms with E-state index in [0.717, 1.165) is 17.5 Å². The van der Waals surface area contributed by atoms with Gasteiger partial charge in [-0.15, -0.1) is 0 Å². The van der Waals surface area contributed by atoms with E-state index in [1.807, 2.05) is 24.3 Å². The first-order valence-electron chi connectivity index (χ1n) is 4.26. The molecule has 1 N–H and O–H groups in total. The molecule has 0 bridgehead atoms. The van der Waals surface area contributed by atoms with E-state index >= 15 is 0 Å². The summed E-state index contributed by atoms with van der Waals surface area (Å²) in [6.45, 7) is 0. The molecule has 1 aliphatic rings. The first-order chi connectivity index (χ1) is 6.27. The third kappa shape index (κ3) is 1.47. The molecule has 0 spiro atoms. The molecule has 0 saturated carbocycles. The van der Waals surface area contributed by atoms with Crippen molar-refractivity contribution in [3.63, 3.8) is 0 Å². The van der Waals surface area contributed by atoms with Crippen molar-refractivity contribution in [2.75, 3.05) is 0 Å². The van der Waals surface area contributed by atoms with Crippen LogP contribution in [0.4, 0.5) is 0 Å². The van der Waals surface area contributed by atoms with Crippen LogP contribution in [-0.4, -0.2) is 11.1 Å². The fourth-order valence-electron chi connectivity index (χ4n) is 1.68. The number of carbonyl (C=O) groups is 1. The summed E-state index contributed by atoms with van der Waals surface area (Å²) >= 11 is 0. The van der Waals surface area contributed by atoms with Crippen molar-refractivity contribution in [1.82, 2.24) is 0 Å². The van der Waals surface area contributed by atoms with Gasteiger partial charge in [0.1, 0.15) is 0 Å². The third-order valence-electron chi connectivity index (χ3n) is 2.25. The minimum absolute atomic E-state index is 0.119. The van der Waals surface area contributed by atoms with Gasteiger partial charge < -0.3 is 5.11 Å². The first-order valence-corrected chi connectivity index (χ1v) is 4.26. The molecule has 0 amide bonds. The highest BCUT2D eigenvalue weighted by Crippen LogP contribution is 2.23. The van der Waals surface area contributed by atoms with E-state index in [1.54, 1.807) is 0 Å². The van der Waals surface area contributed by atoms with Crippen LogP contribution in [0, 0.1) is 0 Å². The Kier molecular flexibility index (Phi) is 1.89. The maximum absolute atomic E-state index is 10.5. The fourth-order valence-corrected chi connectivity index (χ4v) is 1.68. The molecule has 0 radical (unpaired) electrons. The van der Waals surface area contributed by atoms with Gasteiger partial charge in [-0.1, -0.05) is 30.4 Å². The Morgan fingerprint density at radius 1 is 1.46 bits per heavy atom. The van der Waals surface area contributed by atoms with Gasteiger partial charge in [0.15, 0.2) is 0 Å². The van der Waals surface area contributed by atoms with Gasteiger partial charge in [-0.2, -0.15) is 0 Å². The number of hydrogen-bond acceptors (Lipinski definition) is 1. The largest absolute Gasteiger partial charge is 0.481 e. The van der Waals surface area contributed by atoms with E-state index in [9.17, 15) is 4.79 Å². The van der Waals surface area contributed by atoms with E-state index in [2.05, 4.69) is 6.08 Å². The lowest BCUT2D eigenvalue weighted by molar-refractivity contribution is -0.136. The van der Waals surface area contributed by atoms with Crippen LogP contribution in [0.3, 0.4) is 0 Å². The Balaban J connectivity index is 2.41. The summed E-state index contributed by atoms with van der Waals surface area (Å²) in [6.07, 6.45) is 5.12. The summed E-state index contributed by atoms with van der Waals surface area (Å²) in [4.78, 5) is 10.5. The molecule has 0 atom stereocenters. The summed E-state index contributed by atoms with van der Waals surface area (Å²) < 4.78 is 0. The highest BCUT2D eigenvalue weighted by molar-refractivity contribution is 5.74. The molecular weight excluding hydrogens is 164 g/mol. The standard InChI is InChI=1S/C11H10O2/c12-11(13)7-9-5-1-3-8-4-2-6-10(8)9/h1-3,5-6H,4,7H2,(H,12,13). The minimum Gasteiger partial charge on any atom is -0.481 e. The average Bonchev–Trinajstić information content (AvgIpc) is 2.51. The predicted octanol–water partition coefficient (Wildman–Crippen LogP) is 1.88. The Hall–Kier alpha value is -1.57. The summed E-state index contributed by atoms with van der Waals surface area (Å²) in [7, 11) is 0. The van der Waals surface area contributed by atoms with E-state index in [0.29, 0.717) is 0 Å². The maximum atomic E-state index is 10.5. The van der Waals surface area contributed by atoms with Gasteiger partial charge in [-0.25, -0.2) is 0 Å². The van der Waals surface area contributed by atoms with Crippen molar-refractivity contribution in [1.29, 1.82) is 0 Å². The molecule has 2 rings (SSSR count). The monoisotopic (exact) mass is 174 g/mol. The molecule has 0 heterocycles. The van der Waals surface area contributed by atoms with Crippen LogP contribution in [0.2, 0.25) is 0 Å². The van der Waals surface area contributed by atoms with Gasteiger partial charge in [0, 0.05) is 0 Å². The van der Waals surface area contributed by atoms with E-state index in [-0.39, 0.29) is 6.42 Å². The molecule has 0 aromatic heterocycles. The van der Waals surface area contributed by atoms with Crippen molar-refractivity contribution in [3.8, 4) is 0 Å². The number of carboxylic acids is 1. The van der Waals surface area contributed by atoms with E-state index in [4.69, 9.17) is 5.11 Å². The summed E-state index contributed by atoms with van der Waals surface area (Å²) in [6, 6.07) is 5.84. The molecule has 0 unspecified atom stereocenters. The lowest BCUT2D eigenvalue weighted by Crippen LogP contribution is -2.02. The molecule has 13 heavy (non-hydrogen) atoms. The molecular formula is C11H10O2. The number of hydrogen-bond donors (Lipinski definition) is 1. The molecule has 2 heteroatoms. The maximum Gasteiger partial charge on any atom is 0.307 e. The van der Waals surface area contributed by atoms with Crippen LogP contribution in [0.1, 0.15) is 16.7 Å². The third-order valence-corrected chi connectivity index (χ3v) is 2.25. The summed E-state index contributed by atoms with van der Waals surface area (Å²) in [5.41, 5.74) is 3.25. The average molecular weight is 174 g/mol. The van der Waals surface area contributed by atoms with E-state index < -0.39 is 5.97 Å². The van der Waals surface area contributed by atoms with E-state index in [1.165, 1.54) is 5.56 Å². The van der Waals surface area contributed by atoms with Crippen LogP contribution in [-0.2, 0) is 17.6 Å². The van der Waals surface area contributed by atoms with Gasteiger partial charge in [-0.3, -0.25) is 4.79 Å². The second kappa shape index (κ2) is 3.05. The lowest BCUT2D eigenvalue weighted by atomic mass is 10.0. The quantitative estimate of drug-likeness (QED) is 0.743. The second-order valence-electron chi connectivity index (χ2n) is 3.17. The zero-order chi connectivity index (χ0) is 9.26. The lowest BCUT2D eigenvalue weighted by Gasteiger charge is -2.04. The zero-order valence-electron chi connectivity index (χ0n) is 7.16. The summed E-state index contributed by atoms with van der Waals surface area (Å²) in [5.74, 6) is -0.770. The topological polar surface area (TPSA) is 37.3 Å². The Bertz CT molecular complexity index is 378. The van der Waals surface area contributed by atoms with Crippen LogP contribution < -0.4 is 0 Å². The van der Waals surface area contributed by atoms with Crippen molar-refractivity contribution in [2.45, 2.75) is 12.8 Å². The molecule has 1 aromatic carbocycles. The van der Waals surface area contributed by atoms with Crippen LogP contribution in [0.15, 0.2) is 24.3 Å². The molecule has 1 aliphatic carbocycles. The number of benzene rings is 1. The highest BCUT2D eigenvalue weighted by Gasteiger charge is 2.10. The van der Waals surface area contributed by atoms with Crippen molar-refractivity contribution in [3.05, 3.63) is 41.0 Å². The van der Waals surface area contributed by atoms with Gasteiger partial charge in [0.25, 0.3) is 0 Å². The summed E-state index contributed by atoms with van der Waals surface area (Å²) in [5, 5.41) is 8.67. The smallest absolute Gasteiger partial charge is 0.307 e. The molecule has 66 valence electrons. The number of rotatable bonds is 2. The number of allylic oxidation sites excluding steroid dienone is 1. The SMILES string of the molecule is O=C(O)Cc1cccc2c1C=CC2. The van der Waals surface area contributed by atoms with Gasteiger partial charge in [-0.05, 0) is 23.1 Å². The Morgan fingerprint density at radius 2 is 2.31 bits per heavy atom. The highest BCUT2D eigenvalue weighted by atomic mass is 16.4. The number of fused-ring (bicyclic) bond motifs is 1. The molecule has 0 saturated heterocycles. The van der Waals surface area contributed by atoms with Crippen molar-refractivity contribution >= 4 is 12.0 Å². The zero-order valence-corrected chi connectivity index (χ0v) is 7.16. The van der Waals surface area contributed by atoms with Crippen molar-refractivity contribution < 1.29 is 9.90 Å². The van der Waals surface area contributed by atoms with Gasteiger partial charge in [0.2, 0.25) is 0 Å². The molecule has 0 fully saturated rings. The van der Waals surface area contributed by atoms with Gasteiger partial charge in [0.05, 0.1) is 6.42 Å². The second-order valence-corrected chi connectivity index (χ2v) is 3.17. The molecule has 0 aliphatic heterocycles. The van der Waals surface area contributed by atoms with Crippen LogP contribution >= 0.6 is 0 Å². The predicted molar refractivity (Wildman–Crippen MR) is 50.5 cm³/mol. The Labute approximate surface area is 76.5 Å². The Morgan fingerprint density at radius 3 is 3.08 bits per heavy atom. The normalized spacial score (nSPS) is 12.9. The first kappa shape index (κ1) is 8.05. The number of aliphatic carboxylic acids is 1. The minimum atomic E-state index is -0.770. The fraction of sp³-hybridized carbons (Fsp3) is 0.182. The molecule has 1 aromatic rings. The molecule has 2 nitrogen and oxygen atoms in total. The van der Waals surface area contributed by atoms with Crippen LogP contribution in [0.5, 0.6) is 0 Å². The van der Waals surface area contributed by atoms with Crippen LogP contribution in [0.25, 0.3) is 6.08 Å². The number of carboxylic acid groups (broad SMARTS) is 1. The van der Waals surface area contributed by atoms with Gasteiger partial charge >= 0.3 is 5.97 Å². The van der Waals surface area contributed by atoms with Crippen molar-refractivity contribution in [2.24, 2.45) is 0 Å².